The summed E-state index contributed by atoms with van der Waals surface area (Å²) in [4.78, 5) is 14.2. The van der Waals surface area contributed by atoms with E-state index in [-0.39, 0.29) is 16.9 Å². The average molecular weight is 360 g/mol. The molecule has 1 fully saturated rings. The van der Waals surface area contributed by atoms with Crippen LogP contribution in [0.1, 0.15) is 27.0 Å². The lowest BCUT2D eigenvalue weighted by molar-refractivity contribution is 0.0598. The van der Waals surface area contributed by atoms with Gasteiger partial charge in [-0.05, 0) is 26.3 Å². The molecule has 0 unspecified atom stereocenters. The van der Waals surface area contributed by atoms with Crippen molar-refractivity contribution in [1.82, 2.24) is 5.32 Å². The fourth-order valence-electron chi connectivity index (χ4n) is 3.18. The molecule has 1 aliphatic heterocycles. The quantitative estimate of drug-likeness (QED) is 0.642. The highest BCUT2D eigenvalue weighted by Crippen LogP contribution is 2.39. The maximum absolute atomic E-state index is 13.1. The van der Waals surface area contributed by atoms with Crippen LogP contribution in [0.3, 0.4) is 0 Å². The predicted octanol–water partition coefficient (Wildman–Crippen LogP) is 1.40. The topological polar surface area (TPSA) is 84.9 Å². The number of piperazine rings is 1. The summed E-state index contributed by atoms with van der Waals surface area (Å²) in [5.41, 5.74) is 2.22. The lowest BCUT2D eigenvalue weighted by atomic mass is 9.94. The highest BCUT2D eigenvalue weighted by atomic mass is 32.3. The Morgan fingerprint density at radius 3 is 2.21 bits per heavy atom. The number of esters is 1. The molecule has 2 rings (SSSR count). The number of anilines is 1. The molecule has 0 bridgehead atoms. The number of hydrogen-bond acceptors (Lipinski definition) is 7. The van der Waals surface area contributed by atoms with E-state index in [9.17, 15) is 17.1 Å². The van der Waals surface area contributed by atoms with E-state index < -0.39 is 16.5 Å². The number of ether oxygens (including phenoxy) is 1. The van der Waals surface area contributed by atoms with Crippen LogP contribution in [0, 0.1) is 20.8 Å². The molecule has 1 saturated heterocycles. The molecule has 1 aliphatic rings. The molecule has 1 aromatic carbocycles. The second-order valence-corrected chi connectivity index (χ2v) is 6.59. The minimum Gasteiger partial charge on any atom is -0.465 e. The van der Waals surface area contributed by atoms with E-state index in [1.807, 2.05) is 4.90 Å². The fraction of sp³-hybridized carbons (Fsp3) is 0.533. The van der Waals surface area contributed by atoms with Crippen LogP contribution in [0.15, 0.2) is 0 Å². The van der Waals surface area contributed by atoms with Crippen LogP contribution in [0.4, 0.5) is 9.57 Å². The Morgan fingerprint density at radius 1 is 1.12 bits per heavy atom. The highest BCUT2D eigenvalue weighted by Gasteiger charge is 2.28. The van der Waals surface area contributed by atoms with E-state index in [4.69, 9.17) is 4.74 Å². The van der Waals surface area contributed by atoms with Crippen molar-refractivity contribution in [2.75, 3.05) is 38.2 Å². The summed E-state index contributed by atoms with van der Waals surface area (Å²) in [5.74, 6) is -0.792. The summed E-state index contributed by atoms with van der Waals surface area (Å²) in [6.07, 6.45) is 0. The summed E-state index contributed by atoms with van der Waals surface area (Å²) >= 11 is 0. The third kappa shape index (κ3) is 3.62. The molecule has 0 radical (unpaired) electrons. The molecular weight excluding hydrogens is 339 g/mol. The Hall–Kier alpha value is -1.87. The Balaban J connectivity index is 2.73. The Bertz CT molecular complexity index is 758. The molecule has 134 valence electrons. The van der Waals surface area contributed by atoms with Gasteiger partial charge in [-0.25, -0.2) is 4.79 Å². The van der Waals surface area contributed by atoms with E-state index in [0.29, 0.717) is 29.9 Å². The monoisotopic (exact) mass is 360 g/mol. The molecule has 24 heavy (non-hydrogen) atoms. The van der Waals surface area contributed by atoms with Crippen LogP contribution < -0.4 is 14.4 Å². The number of carbonyl (C=O) groups is 1. The van der Waals surface area contributed by atoms with Gasteiger partial charge in [0.1, 0.15) is 0 Å². The van der Waals surface area contributed by atoms with E-state index in [1.54, 1.807) is 13.8 Å². The van der Waals surface area contributed by atoms with Gasteiger partial charge in [0.2, 0.25) is 0 Å². The van der Waals surface area contributed by atoms with Crippen molar-refractivity contribution in [3.63, 3.8) is 0 Å². The number of hydrogen-bond donors (Lipinski definition) is 1. The fourth-order valence-corrected chi connectivity index (χ4v) is 3.63. The van der Waals surface area contributed by atoms with Crippen LogP contribution in [0.25, 0.3) is 0 Å². The summed E-state index contributed by atoms with van der Waals surface area (Å²) in [7, 11) is -3.98. The first-order valence-electron chi connectivity index (χ1n) is 7.49. The van der Waals surface area contributed by atoms with Crippen LogP contribution in [0.2, 0.25) is 0 Å². The van der Waals surface area contributed by atoms with Crippen LogP contribution in [-0.4, -0.2) is 47.7 Å². The second kappa shape index (κ2) is 6.94. The number of halogens is 1. The SMILES string of the molecule is COC(=O)c1c(C)c(OS(=O)(=O)F)c(C)c(N2CCNCC2)c1C. The smallest absolute Gasteiger partial charge is 0.465 e. The molecular formula is C15H21FN2O5S. The van der Waals surface area contributed by atoms with Crippen LogP contribution >= 0.6 is 0 Å². The zero-order valence-corrected chi connectivity index (χ0v) is 14.9. The maximum Gasteiger partial charge on any atom is 0.488 e. The van der Waals surface area contributed by atoms with E-state index in [2.05, 4.69) is 9.50 Å². The molecule has 0 amide bonds. The number of carbonyl (C=O) groups excluding carboxylic acids is 1. The molecule has 1 aromatic rings. The van der Waals surface area contributed by atoms with Gasteiger partial charge >= 0.3 is 16.5 Å². The predicted molar refractivity (Wildman–Crippen MR) is 87.7 cm³/mol. The third-order valence-electron chi connectivity index (χ3n) is 4.15. The molecule has 1 N–H and O–H groups in total. The number of benzene rings is 1. The molecule has 7 nitrogen and oxygen atoms in total. The van der Waals surface area contributed by atoms with Gasteiger partial charge in [-0.1, -0.05) is 3.89 Å². The van der Waals surface area contributed by atoms with Crippen molar-refractivity contribution < 1.29 is 26.0 Å². The number of rotatable bonds is 4. The first-order chi connectivity index (χ1) is 11.2. The number of methoxy groups -OCH3 is 1. The highest BCUT2D eigenvalue weighted by molar-refractivity contribution is 7.81. The molecule has 1 heterocycles. The third-order valence-corrected chi connectivity index (χ3v) is 4.51. The van der Waals surface area contributed by atoms with Crippen LogP contribution in [-0.2, 0) is 15.2 Å². The average Bonchev–Trinajstić information content (AvgIpc) is 2.51. The van der Waals surface area contributed by atoms with E-state index in [1.165, 1.54) is 14.0 Å². The van der Waals surface area contributed by atoms with E-state index >= 15 is 0 Å². The van der Waals surface area contributed by atoms with Crippen molar-refractivity contribution in [1.29, 1.82) is 0 Å². The summed E-state index contributed by atoms with van der Waals surface area (Å²) in [5, 5.41) is 3.22. The first-order valence-corrected chi connectivity index (χ1v) is 8.80. The molecule has 0 aromatic heterocycles. The Labute approximate surface area is 141 Å². The van der Waals surface area contributed by atoms with Crippen molar-refractivity contribution in [3.05, 3.63) is 22.3 Å². The molecule has 9 heteroatoms. The zero-order chi connectivity index (χ0) is 18.1. The van der Waals surface area contributed by atoms with Gasteiger partial charge in [0.25, 0.3) is 0 Å². The zero-order valence-electron chi connectivity index (χ0n) is 14.1. The molecule has 0 saturated carbocycles. The first kappa shape index (κ1) is 18.5. The molecule has 0 atom stereocenters. The minimum atomic E-state index is -5.21. The summed E-state index contributed by atoms with van der Waals surface area (Å²) in [6, 6.07) is 0. The van der Waals surface area contributed by atoms with Gasteiger partial charge in [-0.3, -0.25) is 0 Å². The van der Waals surface area contributed by atoms with Gasteiger partial charge in [-0.15, -0.1) is 0 Å². The van der Waals surface area contributed by atoms with Gasteiger partial charge < -0.3 is 19.1 Å². The van der Waals surface area contributed by atoms with Gasteiger partial charge in [0, 0.05) is 43.0 Å². The second-order valence-electron chi connectivity index (χ2n) is 5.63. The van der Waals surface area contributed by atoms with Crippen molar-refractivity contribution in [2.45, 2.75) is 20.8 Å². The largest absolute Gasteiger partial charge is 0.488 e. The minimum absolute atomic E-state index is 0.169. The number of nitrogens with one attached hydrogen (secondary N) is 1. The Kier molecular flexibility index (Phi) is 5.34. The summed E-state index contributed by atoms with van der Waals surface area (Å²) in [6.45, 7) is 7.76. The summed E-state index contributed by atoms with van der Waals surface area (Å²) < 4.78 is 44.5. The normalized spacial score (nSPS) is 15.3. The van der Waals surface area contributed by atoms with Gasteiger partial charge in [0.05, 0.1) is 12.7 Å². The van der Waals surface area contributed by atoms with Crippen molar-refractivity contribution >= 4 is 22.2 Å². The van der Waals surface area contributed by atoms with Crippen LogP contribution in [0.5, 0.6) is 5.75 Å². The van der Waals surface area contributed by atoms with Gasteiger partial charge in [-0.2, -0.15) is 8.42 Å². The maximum atomic E-state index is 13.1. The Morgan fingerprint density at radius 2 is 1.71 bits per heavy atom. The molecule has 0 aliphatic carbocycles. The molecule has 0 spiro atoms. The lowest BCUT2D eigenvalue weighted by Crippen LogP contribution is -2.44. The van der Waals surface area contributed by atoms with E-state index in [0.717, 1.165) is 13.1 Å². The van der Waals surface area contributed by atoms with Crippen molar-refractivity contribution in [3.8, 4) is 5.75 Å². The standard InChI is InChI=1S/C15H21FN2O5S/c1-9-12(15(19)22-4)10(2)14(23-24(16,20)21)11(3)13(9)18-7-5-17-6-8-18/h17H,5-8H2,1-4H3. The van der Waals surface area contributed by atoms with Gasteiger partial charge in [0.15, 0.2) is 5.75 Å². The lowest BCUT2D eigenvalue weighted by Gasteiger charge is -2.33. The number of nitrogens with zero attached hydrogens (tertiary/aromatic N) is 1. The van der Waals surface area contributed by atoms with Crippen molar-refractivity contribution in [2.24, 2.45) is 0 Å².